The second-order valence-electron chi connectivity index (χ2n) is 5.05. The van der Waals surface area contributed by atoms with Gasteiger partial charge in [-0.2, -0.15) is 0 Å². The van der Waals surface area contributed by atoms with E-state index in [0.717, 1.165) is 35.6 Å². The van der Waals surface area contributed by atoms with Crippen molar-refractivity contribution in [3.8, 4) is 16.9 Å². The van der Waals surface area contributed by atoms with Crippen molar-refractivity contribution < 1.29 is 0 Å². The van der Waals surface area contributed by atoms with Crippen molar-refractivity contribution in [3.05, 3.63) is 79.1 Å². The van der Waals surface area contributed by atoms with Gasteiger partial charge in [-0.15, -0.1) is 0 Å². The molecule has 3 aromatic rings. The molecule has 0 spiro atoms. The molecule has 0 fully saturated rings. The summed E-state index contributed by atoms with van der Waals surface area (Å²) in [7, 11) is 0. The third-order valence-electron chi connectivity index (χ3n) is 3.67. The van der Waals surface area contributed by atoms with Crippen LogP contribution in [0.5, 0.6) is 0 Å². The van der Waals surface area contributed by atoms with Gasteiger partial charge in [-0.1, -0.05) is 49.4 Å². The minimum Gasteiger partial charge on any atom is -0.303 e. The second-order valence-corrected chi connectivity index (χ2v) is 5.05. The third-order valence-corrected chi connectivity index (χ3v) is 3.67. The van der Waals surface area contributed by atoms with Crippen molar-refractivity contribution in [3.63, 3.8) is 0 Å². The van der Waals surface area contributed by atoms with Crippen molar-refractivity contribution in [1.82, 2.24) is 9.55 Å². The molecule has 0 unspecified atom stereocenters. The number of hydrogen-bond donors (Lipinski definition) is 0. The summed E-state index contributed by atoms with van der Waals surface area (Å²) in [5.74, 6) is 1.08. The maximum atomic E-state index is 4.77. The van der Waals surface area contributed by atoms with Crippen LogP contribution in [-0.4, -0.2) is 9.55 Å². The van der Waals surface area contributed by atoms with Crippen molar-refractivity contribution in [2.45, 2.75) is 19.8 Å². The summed E-state index contributed by atoms with van der Waals surface area (Å²) < 4.78 is 2.18. The number of rotatable bonds is 4. The summed E-state index contributed by atoms with van der Waals surface area (Å²) in [6, 6.07) is 18.8. The van der Waals surface area contributed by atoms with Gasteiger partial charge in [0.05, 0.1) is 5.69 Å². The fraction of sp³-hybridized carbons (Fsp3) is 0.158. The van der Waals surface area contributed by atoms with E-state index in [-0.39, 0.29) is 0 Å². The summed E-state index contributed by atoms with van der Waals surface area (Å²) in [6.45, 7) is 6.05. The molecule has 2 aromatic carbocycles. The Morgan fingerprint density at radius 3 is 2.33 bits per heavy atom. The topological polar surface area (TPSA) is 17.8 Å². The molecular weight excluding hydrogens is 256 g/mol. The van der Waals surface area contributed by atoms with Crippen molar-refractivity contribution in [2.24, 2.45) is 0 Å². The van der Waals surface area contributed by atoms with Crippen LogP contribution in [0.2, 0.25) is 0 Å². The Kier molecular flexibility index (Phi) is 3.87. The molecule has 105 valence electrons. The fourth-order valence-corrected chi connectivity index (χ4v) is 2.46. The molecule has 0 aliphatic rings. The highest BCUT2D eigenvalue weighted by atomic mass is 15.1. The van der Waals surface area contributed by atoms with Gasteiger partial charge in [-0.05, 0) is 31.0 Å². The van der Waals surface area contributed by atoms with E-state index in [4.69, 9.17) is 4.98 Å². The SMILES string of the molecule is [CH2]Cc1ccc(-n2cc(-c3ccccc3)nc2CC)cc1. The number of nitrogens with zero attached hydrogens (tertiary/aromatic N) is 2. The Morgan fingerprint density at radius 2 is 1.71 bits per heavy atom. The molecule has 0 saturated heterocycles. The van der Waals surface area contributed by atoms with E-state index < -0.39 is 0 Å². The summed E-state index contributed by atoms with van der Waals surface area (Å²) in [5, 5.41) is 0. The maximum absolute atomic E-state index is 4.77. The van der Waals surface area contributed by atoms with Crippen LogP contribution in [0.15, 0.2) is 60.8 Å². The first kappa shape index (κ1) is 13.6. The van der Waals surface area contributed by atoms with Crippen LogP contribution in [0, 0.1) is 6.92 Å². The average molecular weight is 275 g/mol. The van der Waals surface area contributed by atoms with Gasteiger partial charge < -0.3 is 4.57 Å². The largest absolute Gasteiger partial charge is 0.303 e. The molecule has 0 aliphatic heterocycles. The first-order chi connectivity index (χ1) is 10.3. The van der Waals surface area contributed by atoms with Crippen LogP contribution >= 0.6 is 0 Å². The Hall–Kier alpha value is -2.35. The van der Waals surface area contributed by atoms with Crippen LogP contribution in [-0.2, 0) is 12.8 Å². The molecule has 0 N–H and O–H groups in total. The lowest BCUT2D eigenvalue weighted by Crippen LogP contribution is -1.98. The highest BCUT2D eigenvalue weighted by molar-refractivity contribution is 5.59. The van der Waals surface area contributed by atoms with E-state index in [9.17, 15) is 0 Å². The molecule has 1 aromatic heterocycles. The lowest BCUT2D eigenvalue weighted by molar-refractivity contribution is 0.891. The zero-order valence-corrected chi connectivity index (χ0v) is 12.3. The number of aryl methyl sites for hydroxylation is 1. The van der Waals surface area contributed by atoms with Crippen LogP contribution in [0.25, 0.3) is 16.9 Å². The average Bonchev–Trinajstić information content (AvgIpc) is 3.00. The van der Waals surface area contributed by atoms with Gasteiger partial charge in [0.1, 0.15) is 5.82 Å². The van der Waals surface area contributed by atoms with Crippen LogP contribution in [0.3, 0.4) is 0 Å². The summed E-state index contributed by atoms with van der Waals surface area (Å²) >= 11 is 0. The van der Waals surface area contributed by atoms with Crippen molar-refractivity contribution >= 4 is 0 Å². The zero-order chi connectivity index (χ0) is 14.7. The maximum Gasteiger partial charge on any atom is 0.113 e. The van der Waals surface area contributed by atoms with Gasteiger partial charge in [0.15, 0.2) is 0 Å². The van der Waals surface area contributed by atoms with Gasteiger partial charge in [0.25, 0.3) is 0 Å². The summed E-state index contributed by atoms with van der Waals surface area (Å²) in [6.07, 6.45) is 3.84. The minimum absolute atomic E-state index is 0.820. The summed E-state index contributed by atoms with van der Waals surface area (Å²) in [4.78, 5) is 4.77. The lowest BCUT2D eigenvalue weighted by Gasteiger charge is -2.06. The number of benzene rings is 2. The molecule has 21 heavy (non-hydrogen) atoms. The standard InChI is InChI=1S/C19H19N2/c1-3-15-10-12-17(13-11-15)21-14-18(20-19(21)4-2)16-8-6-5-7-9-16/h5-14H,1,3-4H2,2H3. The third kappa shape index (κ3) is 2.75. The number of aromatic nitrogens is 2. The van der Waals surface area contributed by atoms with Gasteiger partial charge in [0, 0.05) is 23.9 Å². The van der Waals surface area contributed by atoms with Crippen molar-refractivity contribution in [1.29, 1.82) is 0 Å². The van der Waals surface area contributed by atoms with E-state index >= 15 is 0 Å². The van der Waals surface area contributed by atoms with E-state index in [2.05, 4.69) is 61.0 Å². The predicted molar refractivity (Wildman–Crippen MR) is 87.4 cm³/mol. The molecule has 1 radical (unpaired) electrons. The first-order valence-corrected chi connectivity index (χ1v) is 7.34. The Labute approximate surface area is 126 Å². The Morgan fingerprint density at radius 1 is 1.00 bits per heavy atom. The Bertz CT molecular complexity index is 709. The van der Waals surface area contributed by atoms with Gasteiger partial charge in [-0.3, -0.25) is 0 Å². The highest BCUT2D eigenvalue weighted by Crippen LogP contribution is 2.22. The van der Waals surface area contributed by atoms with Crippen LogP contribution < -0.4 is 0 Å². The fourth-order valence-electron chi connectivity index (χ4n) is 2.46. The summed E-state index contributed by atoms with van der Waals surface area (Å²) in [5.41, 5.74) is 4.58. The molecule has 2 heteroatoms. The highest BCUT2D eigenvalue weighted by Gasteiger charge is 2.09. The van der Waals surface area contributed by atoms with E-state index in [1.807, 2.05) is 18.2 Å². The number of imidazole rings is 1. The molecule has 0 aliphatic carbocycles. The molecule has 0 amide bonds. The lowest BCUT2D eigenvalue weighted by atomic mass is 10.1. The Balaban J connectivity index is 2.03. The molecule has 0 bridgehead atoms. The molecule has 2 nitrogen and oxygen atoms in total. The van der Waals surface area contributed by atoms with Gasteiger partial charge >= 0.3 is 0 Å². The van der Waals surface area contributed by atoms with Crippen LogP contribution in [0.1, 0.15) is 18.3 Å². The van der Waals surface area contributed by atoms with E-state index in [1.165, 1.54) is 5.56 Å². The molecule has 0 atom stereocenters. The van der Waals surface area contributed by atoms with Crippen molar-refractivity contribution in [2.75, 3.05) is 0 Å². The smallest absolute Gasteiger partial charge is 0.113 e. The second kappa shape index (κ2) is 5.96. The van der Waals surface area contributed by atoms with Gasteiger partial charge in [-0.25, -0.2) is 4.98 Å². The molecule has 0 saturated carbocycles. The molecule has 3 rings (SSSR count). The van der Waals surface area contributed by atoms with Gasteiger partial charge in [0.2, 0.25) is 0 Å². The minimum atomic E-state index is 0.820. The molecule has 1 heterocycles. The van der Waals surface area contributed by atoms with E-state index in [0.29, 0.717) is 0 Å². The first-order valence-electron chi connectivity index (χ1n) is 7.34. The predicted octanol–water partition coefficient (Wildman–Crippen LogP) is 4.48. The quantitative estimate of drug-likeness (QED) is 0.686. The van der Waals surface area contributed by atoms with E-state index in [1.54, 1.807) is 0 Å². The monoisotopic (exact) mass is 275 g/mol. The zero-order valence-electron chi connectivity index (χ0n) is 12.3. The van der Waals surface area contributed by atoms with Crippen LogP contribution in [0.4, 0.5) is 0 Å². The number of hydrogen-bond acceptors (Lipinski definition) is 1. The normalized spacial score (nSPS) is 10.8. The molecular formula is C19H19N2.